The van der Waals surface area contributed by atoms with Crippen molar-refractivity contribution in [1.82, 2.24) is 9.97 Å². The molecule has 2 aromatic carbocycles. The number of carbonyl (C=O) groups is 1. The normalized spacial score (nSPS) is 15.3. The number of benzene rings is 2. The van der Waals surface area contributed by atoms with E-state index in [9.17, 15) is 9.90 Å². The maximum absolute atomic E-state index is 12.5. The number of aliphatic hydroxyl groups is 1. The topological polar surface area (TPSA) is 66.0 Å². The zero-order chi connectivity index (χ0) is 17.9. The summed E-state index contributed by atoms with van der Waals surface area (Å²) in [5.74, 6) is 0.672. The van der Waals surface area contributed by atoms with Crippen LogP contribution in [-0.2, 0) is 12.8 Å². The largest absolute Gasteiger partial charge is 0.393 e. The molecule has 0 radical (unpaired) electrons. The van der Waals surface area contributed by atoms with Gasteiger partial charge in [-0.2, -0.15) is 0 Å². The fraction of sp³-hybridized carbons (Fsp3) is 0.364. The molecule has 4 heteroatoms. The van der Waals surface area contributed by atoms with Crippen LogP contribution in [0.15, 0.2) is 48.8 Å². The molecule has 0 amide bonds. The molecular weight excluding hydrogens is 324 g/mol. The minimum absolute atomic E-state index is 0.0509. The highest BCUT2D eigenvalue weighted by Crippen LogP contribution is 2.30. The zero-order valence-corrected chi connectivity index (χ0v) is 14.8. The van der Waals surface area contributed by atoms with Gasteiger partial charge in [0.05, 0.1) is 23.5 Å². The number of hydrogen-bond donors (Lipinski definition) is 2. The molecule has 0 bridgehead atoms. The third kappa shape index (κ3) is 3.56. The van der Waals surface area contributed by atoms with Crippen LogP contribution in [0, 0.1) is 5.92 Å². The number of carbonyl (C=O) groups excluding carboxylic acids is 1. The predicted molar refractivity (Wildman–Crippen MR) is 102 cm³/mol. The van der Waals surface area contributed by atoms with Crippen LogP contribution < -0.4 is 0 Å². The number of rotatable bonds is 7. The lowest BCUT2D eigenvalue weighted by Gasteiger charge is -2.13. The minimum atomic E-state index is -0.416. The number of aliphatic hydroxyl groups excluding tert-OH is 1. The smallest absolute Gasteiger partial charge is 0.165 e. The van der Waals surface area contributed by atoms with Crippen molar-refractivity contribution in [2.45, 2.75) is 44.6 Å². The molecule has 4 rings (SSSR count). The molecule has 1 aliphatic rings. The minimum Gasteiger partial charge on any atom is -0.393 e. The van der Waals surface area contributed by atoms with Gasteiger partial charge in [0, 0.05) is 12.0 Å². The van der Waals surface area contributed by atoms with Gasteiger partial charge in [-0.1, -0.05) is 30.3 Å². The number of ketones is 1. The highest BCUT2D eigenvalue weighted by Gasteiger charge is 2.22. The van der Waals surface area contributed by atoms with E-state index in [-0.39, 0.29) is 5.78 Å². The number of imidazole rings is 1. The van der Waals surface area contributed by atoms with Crippen molar-refractivity contribution in [1.29, 1.82) is 0 Å². The van der Waals surface area contributed by atoms with E-state index in [1.807, 2.05) is 18.2 Å². The number of nitrogens with zero attached hydrogens (tertiary/aromatic N) is 1. The van der Waals surface area contributed by atoms with Gasteiger partial charge in [-0.15, -0.1) is 0 Å². The fourth-order valence-electron chi connectivity index (χ4n) is 4.05. The second kappa shape index (κ2) is 7.42. The summed E-state index contributed by atoms with van der Waals surface area (Å²) in [5.41, 5.74) is 5.14. The van der Waals surface area contributed by atoms with E-state index >= 15 is 0 Å². The van der Waals surface area contributed by atoms with Crippen molar-refractivity contribution < 1.29 is 9.90 Å². The van der Waals surface area contributed by atoms with Crippen molar-refractivity contribution in [3.05, 3.63) is 65.5 Å². The average Bonchev–Trinajstić information content (AvgIpc) is 3.30. The Balaban J connectivity index is 1.26. The maximum atomic E-state index is 12.5. The molecule has 0 saturated carbocycles. The number of fused-ring (bicyclic) bond motifs is 2. The van der Waals surface area contributed by atoms with Gasteiger partial charge in [0.2, 0.25) is 0 Å². The summed E-state index contributed by atoms with van der Waals surface area (Å²) in [5, 5.41) is 10.3. The van der Waals surface area contributed by atoms with Gasteiger partial charge in [-0.25, -0.2) is 4.98 Å². The molecule has 4 nitrogen and oxygen atoms in total. The third-order valence-corrected chi connectivity index (χ3v) is 5.50. The van der Waals surface area contributed by atoms with Gasteiger partial charge in [0.15, 0.2) is 5.78 Å². The highest BCUT2D eigenvalue weighted by atomic mass is 16.3. The molecule has 0 saturated heterocycles. The first kappa shape index (κ1) is 17.0. The average molecular weight is 348 g/mol. The van der Waals surface area contributed by atoms with Gasteiger partial charge in [-0.3, -0.25) is 4.79 Å². The summed E-state index contributed by atoms with van der Waals surface area (Å²) < 4.78 is 0. The van der Waals surface area contributed by atoms with E-state index in [4.69, 9.17) is 0 Å². The van der Waals surface area contributed by atoms with Crippen LogP contribution in [0.3, 0.4) is 0 Å². The summed E-state index contributed by atoms with van der Waals surface area (Å²) in [6.45, 7) is 0. The molecule has 3 aromatic rings. The lowest BCUT2D eigenvalue weighted by atomic mass is 9.95. The summed E-state index contributed by atoms with van der Waals surface area (Å²) in [4.78, 5) is 19.8. The van der Waals surface area contributed by atoms with E-state index in [2.05, 4.69) is 34.2 Å². The molecule has 26 heavy (non-hydrogen) atoms. The first-order valence-corrected chi connectivity index (χ1v) is 9.41. The number of nitrogens with one attached hydrogen (secondary N) is 1. The molecule has 0 unspecified atom stereocenters. The number of aromatic nitrogens is 2. The second-order valence-electron chi connectivity index (χ2n) is 7.34. The molecule has 0 spiro atoms. The van der Waals surface area contributed by atoms with Gasteiger partial charge >= 0.3 is 0 Å². The highest BCUT2D eigenvalue weighted by molar-refractivity contribution is 6.05. The van der Waals surface area contributed by atoms with Crippen LogP contribution >= 0.6 is 0 Å². The number of aromatic amines is 1. The van der Waals surface area contributed by atoms with Gasteiger partial charge in [-0.05, 0) is 61.3 Å². The van der Waals surface area contributed by atoms with Crippen LogP contribution in [0.5, 0.6) is 0 Å². The predicted octanol–water partition coefficient (Wildman–Crippen LogP) is 4.08. The van der Waals surface area contributed by atoms with Gasteiger partial charge in [0.25, 0.3) is 0 Å². The van der Waals surface area contributed by atoms with Crippen LogP contribution in [-0.4, -0.2) is 27.0 Å². The Bertz CT molecular complexity index is 890. The second-order valence-corrected chi connectivity index (χ2v) is 7.34. The third-order valence-electron chi connectivity index (χ3n) is 5.50. The van der Waals surface area contributed by atoms with Crippen LogP contribution in [0.4, 0.5) is 0 Å². The van der Waals surface area contributed by atoms with E-state index in [0.717, 1.165) is 36.7 Å². The SMILES string of the molecule is O=C(CC[C@@H](O)CCC1Cc2ccccc2C1)c1cccc2[nH]cnc12. The summed E-state index contributed by atoms with van der Waals surface area (Å²) in [7, 11) is 0. The fourth-order valence-corrected chi connectivity index (χ4v) is 4.05. The molecule has 1 aromatic heterocycles. The van der Waals surface area contributed by atoms with Crippen LogP contribution in [0.2, 0.25) is 0 Å². The maximum Gasteiger partial charge on any atom is 0.165 e. The molecule has 1 heterocycles. The Hall–Kier alpha value is -2.46. The van der Waals surface area contributed by atoms with E-state index in [1.165, 1.54) is 11.1 Å². The van der Waals surface area contributed by atoms with E-state index in [1.54, 1.807) is 6.33 Å². The molecule has 134 valence electrons. The molecule has 0 fully saturated rings. The quantitative estimate of drug-likeness (QED) is 0.632. The molecule has 1 atom stereocenters. The molecular formula is C22H24N2O2. The van der Waals surface area contributed by atoms with Crippen molar-refractivity contribution in [3.63, 3.8) is 0 Å². The summed E-state index contributed by atoms with van der Waals surface area (Å²) >= 11 is 0. The monoisotopic (exact) mass is 348 g/mol. The zero-order valence-electron chi connectivity index (χ0n) is 14.8. The Morgan fingerprint density at radius 2 is 1.88 bits per heavy atom. The number of Topliss-reactive ketones (excluding diaryl/α,β-unsaturated/α-hetero) is 1. The van der Waals surface area contributed by atoms with Crippen LogP contribution in [0.25, 0.3) is 11.0 Å². The Kier molecular flexibility index (Phi) is 4.85. The van der Waals surface area contributed by atoms with Crippen LogP contribution in [0.1, 0.15) is 47.2 Å². The van der Waals surface area contributed by atoms with Crippen molar-refractivity contribution in [2.24, 2.45) is 5.92 Å². The summed E-state index contributed by atoms with van der Waals surface area (Å²) in [6.07, 6.45) is 6.07. The van der Waals surface area contributed by atoms with E-state index in [0.29, 0.717) is 24.3 Å². The molecule has 0 aliphatic heterocycles. The van der Waals surface area contributed by atoms with Gasteiger partial charge < -0.3 is 10.1 Å². The Morgan fingerprint density at radius 3 is 2.65 bits per heavy atom. The first-order valence-electron chi connectivity index (χ1n) is 9.41. The Morgan fingerprint density at radius 1 is 1.12 bits per heavy atom. The van der Waals surface area contributed by atoms with Gasteiger partial charge in [0.1, 0.15) is 0 Å². The molecule has 1 aliphatic carbocycles. The number of hydrogen-bond acceptors (Lipinski definition) is 3. The van der Waals surface area contributed by atoms with Crippen molar-refractivity contribution >= 4 is 16.8 Å². The lowest BCUT2D eigenvalue weighted by Crippen LogP contribution is -2.13. The van der Waals surface area contributed by atoms with Crippen molar-refractivity contribution in [3.8, 4) is 0 Å². The Labute approximate surface area is 153 Å². The molecule has 2 N–H and O–H groups in total. The summed E-state index contributed by atoms with van der Waals surface area (Å²) in [6, 6.07) is 14.2. The number of H-pyrrole nitrogens is 1. The number of para-hydroxylation sites is 1. The lowest BCUT2D eigenvalue weighted by molar-refractivity contribution is 0.0928. The van der Waals surface area contributed by atoms with E-state index < -0.39 is 6.10 Å². The standard InChI is InChI=1S/C22H24N2O2/c25-18(9-8-15-12-16-4-1-2-5-17(16)13-15)10-11-21(26)19-6-3-7-20-22(19)24-14-23-20/h1-7,14-15,18,25H,8-13H2,(H,23,24)/t18-/m0/s1. The van der Waals surface area contributed by atoms with Crippen molar-refractivity contribution in [2.75, 3.05) is 0 Å². The first-order chi connectivity index (χ1) is 12.7.